The Bertz CT molecular complexity index is 832. The molecule has 24 heavy (non-hydrogen) atoms. The van der Waals surface area contributed by atoms with Crippen molar-refractivity contribution in [2.75, 3.05) is 18.9 Å². The Balaban J connectivity index is 1.44. The highest BCUT2D eigenvalue weighted by Gasteiger charge is 2.08. The van der Waals surface area contributed by atoms with Gasteiger partial charge in [-0.3, -0.25) is 4.79 Å². The van der Waals surface area contributed by atoms with Crippen LogP contribution < -0.4 is 10.1 Å². The first-order valence-electron chi connectivity index (χ1n) is 7.30. The molecular weight excluding hydrogens is 328 g/mol. The van der Waals surface area contributed by atoms with E-state index in [2.05, 4.69) is 25.5 Å². The quantitative estimate of drug-likeness (QED) is 0.505. The Kier molecular flexibility index (Phi) is 5.22. The molecule has 0 aliphatic rings. The van der Waals surface area contributed by atoms with Crippen LogP contribution in [0.2, 0.25) is 0 Å². The zero-order valence-electron chi connectivity index (χ0n) is 13.0. The van der Waals surface area contributed by atoms with Crippen molar-refractivity contribution in [3.05, 3.63) is 36.9 Å². The predicted molar refractivity (Wildman–Crippen MR) is 89.8 cm³/mol. The second-order valence-electron chi connectivity index (χ2n) is 4.91. The van der Waals surface area contributed by atoms with Gasteiger partial charge in [0, 0.05) is 19.3 Å². The average Bonchev–Trinajstić information content (AvgIpc) is 3.02. The second kappa shape index (κ2) is 7.73. The van der Waals surface area contributed by atoms with Crippen molar-refractivity contribution in [3.8, 4) is 5.88 Å². The normalized spacial score (nSPS) is 10.7. The van der Waals surface area contributed by atoms with E-state index in [-0.39, 0.29) is 12.5 Å². The number of para-hydroxylation sites is 1. The molecule has 0 bridgehead atoms. The van der Waals surface area contributed by atoms with Crippen LogP contribution >= 0.6 is 11.8 Å². The van der Waals surface area contributed by atoms with E-state index < -0.39 is 0 Å². The van der Waals surface area contributed by atoms with E-state index in [1.54, 1.807) is 6.33 Å². The van der Waals surface area contributed by atoms with Gasteiger partial charge in [-0.1, -0.05) is 23.9 Å². The predicted octanol–water partition coefficient (Wildman–Crippen LogP) is 1.05. The number of aromatic nitrogens is 5. The third-order valence-corrected chi connectivity index (χ3v) is 4.21. The van der Waals surface area contributed by atoms with Gasteiger partial charge in [-0.2, -0.15) is 0 Å². The number of amides is 1. The summed E-state index contributed by atoms with van der Waals surface area (Å²) >= 11 is 1.53. The van der Waals surface area contributed by atoms with E-state index in [0.29, 0.717) is 18.2 Å². The highest BCUT2D eigenvalue weighted by Crippen LogP contribution is 2.20. The summed E-state index contributed by atoms with van der Waals surface area (Å²) in [4.78, 5) is 20.1. The first kappa shape index (κ1) is 16.2. The lowest BCUT2D eigenvalue weighted by molar-refractivity contribution is -0.123. The number of carbonyl (C=O) groups excluding carboxylic acids is 1. The molecule has 124 valence electrons. The van der Waals surface area contributed by atoms with Gasteiger partial charge < -0.3 is 14.6 Å². The van der Waals surface area contributed by atoms with Crippen LogP contribution in [0.5, 0.6) is 5.88 Å². The molecule has 3 aromatic rings. The van der Waals surface area contributed by atoms with E-state index >= 15 is 0 Å². The molecule has 0 fully saturated rings. The summed E-state index contributed by atoms with van der Waals surface area (Å²) in [5, 5.41) is 12.2. The van der Waals surface area contributed by atoms with Crippen molar-refractivity contribution in [2.45, 2.75) is 5.16 Å². The number of fused-ring (bicyclic) bond motifs is 1. The van der Waals surface area contributed by atoms with Gasteiger partial charge in [0.1, 0.15) is 12.7 Å². The minimum atomic E-state index is -0.198. The molecule has 3 rings (SSSR count). The number of aryl methyl sites for hydroxylation is 1. The molecule has 0 spiro atoms. The van der Waals surface area contributed by atoms with E-state index in [1.165, 1.54) is 18.1 Å². The van der Waals surface area contributed by atoms with Gasteiger partial charge >= 0.3 is 0 Å². The van der Waals surface area contributed by atoms with Gasteiger partial charge in [0.25, 0.3) is 5.91 Å². The molecule has 0 aliphatic carbocycles. The van der Waals surface area contributed by atoms with Crippen LogP contribution in [-0.4, -0.2) is 49.5 Å². The standard InChI is InChI=1S/C15H16N6O2S/c1-21-10-19-20-15(21)24-7-6-16-13(22)8-23-14-11-4-2-3-5-12(11)17-9-18-14/h2-5,9-10H,6-8H2,1H3,(H,16,22). The number of carbonyl (C=O) groups is 1. The Morgan fingerprint density at radius 1 is 1.33 bits per heavy atom. The van der Waals surface area contributed by atoms with Gasteiger partial charge in [0.15, 0.2) is 11.8 Å². The van der Waals surface area contributed by atoms with Crippen LogP contribution in [0.15, 0.2) is 42.1 Å². The summed E-state index contributed by atoms with van der Waals surface area (Å²) in [7, 11) is 1.88. The molecule has 2 heterocycles. The fourth-order valence-electron chi connectivity index (χ4n) is 2.02. The largest absolute Gasteiger partial charge is 0.467 e. The Morgan fingerprint density at radius 2 is 2.21 bits per heavy atom. The topological polar surface area (TPSA) is 94.8 Å². The molecule has 1 aromatic carbocycles. The highest BCUT2D eigenvalue weighted by atomic mass is 32.2. The van der Waals surface area contributed by atoms with Crippen molar-refractivity contribution in [3.63, 3.8) is 0 Å². The number of nitrogens with zero attached hydrogens (tertiary/aromatic N) is 5. The van der Waals surface area contributed by atoms with Crippen LogP contribution in [0.3, 0.4) is 0 Å². The number of hydrogen-bond donors (Lipinski definition) is 1. The van der Waals surface area contributed by atoms with Crippen molar-refractivity contribution in [1.82, 2.24) is 30.0 Å². The lowest BCUT2D eigenvalue weighted by atomic mass is 10.2. The summed E-state index contributed by atoms with van der Waals surface area (Å²) in [6.45, 7) is 0.430. The minimum absolute atomic E-state index is 0.0877. The molecule has 0 saturated heterocycles. The molecule has 0 unspecified atom stereocenters. The van der Waals surface area contributed by atoms with E-state index in [4.69, 9.17) is 4.74 Å². The van der Waals surface area contributed by atoms with Gasteiger partial charge in [0.2, 0.25) is 5.88 Å². The average molecular weight is 344 g/mol. The van der Waals surface area contributed by atoms with E-state index in [0.717, 1.165) is 16.1 Å². The first-order chi connectivity index (χ1) is 11.7. The van der Waals surface area contributed by atoms with E-state index in [9.17, 15) is 4.79 Å². The number of ether oxygens (including phenoxy) is 1. The van der Waals surface area contributed by atoms with Crippen LogP contribution in [0, 0.1) is 0 Å². The monoisotopic (exact) mass is 344 g/mol. The number of benzene rings is 1. The third-order valence-electron chi connectivity index (χ3n) is 3.17. The fraction of sp³-hybridized carbons (Fsp3) is 0.267. The zero-order chi connectivity index (χ0) is 16.8. The summed E-state index contributed by atoms with van der Waals surface area (Å²) in [6.07, 6.45) is 3.06. The van der Waals surface area contributed by atoms with Crippen molar-refractivity contribution in [2.24, 2.45) is 7.05 Å². The number of hydrogen-bond acceptors (Lipinski definition) is 7. The zero-order valence-corrected chi connectivity index (χ0v) is 13.9. The van der Waals surface area contributed by atoms with Crippen molar-refractivity contribution < 1.29 is 9.53 Å². The van der Waals surface area contributed by atoms with Crippen molar-refractivity contribution in [1.29, 1.82) is 0 Å². The Morgan fingerprint density at radius 3 is 3.04 bits per heavy atom. The maximum atomic E-state index is 11.9. The van der Waals surface area contributed by atoms with Crippen LogP contribution in [-0.2, 0) is 11.8 Å². The second-order valence-corrected chi connectivity index (χ2v) is 5.97. The summed E-state index contributed by atoms with van der Waals surface area (Å²) in [6, 6.07) is 7.50. The molecule has 1 amide bonds. The van der Waals surface area contributed by atoms with Crippen molar-refractivity contribution >= 4 is 28.6 Å². The number of thioether (sulfide) groups is 1. The van der Waals surface area contributed by atoms with Gasteiger partial charge in [-0.05, 0) is 12.1 Å². The van der Waals surface area contributed by atoms with E-state index in [1.807, 2.05) is 35.9 Å². The maximum Gasteiger partial charge on any atom is 0.258 e. The van der Waals surface area contributed by atoms with Crippen LogP contribution in [0.4, 0.5) is 0 Å². The van der Waals surface area contributed by atoms with Crippen LogP contribution in [0.1, 0.15) is 0 Å². The summed E-state index contributed by atoms with van der Waals surface area (Å²) in [5.41, 5.74) is 0.781. The summed E-state index contributed by atoms with van der Waals surface area (Å²) in [5.74, 6) is 0.912. The molecule has 1 N–H and O–H groups in total. The highest BCUT2D eigenvalue weighted by molar-refractivity contribution is 7.99. The lowest BCUT2D eigenvalue weighted by Gasteiger charge is -2.08. The summed E-state index contributed by atoms with van der Waals surface area (Å²) < 4.78 is 7.34. The fourth-order valence-corrected chi connectivity index (χ4v) is 2.76. The lowest BCUT2D eigenvalue weighted by Crippen LogP contribution is -2.30. The molecule has 0 saturated carbocycles. The molecular formula is C15H16N6O2S. The van der Waals surface area contributed by atoms with Crippen LogP contribution in [0.25, 0.3) is 10.9 Å². The number of rotatable bonds is 7. The third kappa shape index (κ3) is 3.99. The Labute approximate surface area is 142 Å². The molecule has 2 aromatic heterocycles. The molecule has 0 radical (unpaired) electrons. The number of nitrogens with one attached hydrogen (secondary N) is 1. The first-order valence-corrected chi connectivity index (χ1v) is 8.28. The van der Waals surface area contributed by atoms with Gasteiger partial charge in [-0.25, -0.2) is 9.97 Å². The molecule has 9 heteroatoms. The molecule has 8 nitrogen and oxygen atoms in total. The SMILES string of the molecule is Cn1cnnc1SCCNC(=O)COc1ncnc2ccccc12. The maximum absolute atomic E-state index is 11.9. The smallest absolute Gasteiger partial charge is 0.258 e. The van der Waals surface area contributed by atoms with Gasteiger partial charge in [-0.15, -0.1) is 10.2 Å². The molecule has 0 aliphatic heterocycles. The Hall–Kier alpha value is -2.68. The minimum Gasteiger partial charge on any atom is -0.467 e. The van der Waals surface area contributed by atoms with Gasteiger partial charge in [0.05, 0.1) is 10.9 Å². The molecule has 0 atom stereocenters.